The van der Waals surface area contributed by atoms with Gasteiger partial charge in [0.25, 0.3) is 5.91 Å². The first-order valence-electron chi connectivity index (χ1n) is 7.26. The Kier molecular flexibility index (Phi) is 3.78. The topological polar surface area (TPSA) is 57.6 Å². The van der Waals surface area contributed by atoms with Crippen LogP contribution in [0.3, 0.4) is 0 Å². The number of carbonyl (C=O) groups is 2. The molecule has 1 aliphatic carbocycles. The standard InChI is InChI=1S/C15H19NO3S/c17-14(18)5-4-10-6-7-16(9-10)15(19)13-8-11-2-1-3-12(11)20-13/h8,10H,1-7,9H2,(H,17,18). The molecule has 20 heavy (non-hydrogen) atoms. The van der Waals surface area contributed by atoms with Gasteiger partial charge in [0.2, 0.25) is 0 Å². The molecule has 1 aliphatic heterocycles. The molecular formula is C15H19NO3S. The minimum absolute atomic E-state index is 0.141. The smallest absolute Gasteiger partial charge is 0.303 e. The fourth-order valence-corrected chi connectivity index (χ4v) is 4.39. The van der Waals surface area contributed by atoms with Crippen LogP contribution in [0.2, 0.25) is 0 Å². The van der Waals surface area contributed by atoms with Crippen LogP contribution in [0.1, 0.15) is 45.8 Å². The van der Waals surface area contributed by atoms with Crippen molar-refractivity contribution in [3.8, 4) is 0 Å². The molecule has 1 amide bonds. The van der Waals surface area contributed by atoms with Crippen LogP contribution in [-0.4, -0.2) is 35.0 Å². The van der Waals surface area contributed by atoms with E-state index in [1.807, 2.05) is 4.90 Å². The molecule has 4 nitrogen and oxygen atoms in total. The van der Waals surface area contributed by atoms with Gasteiger partial charge in [-0.15, -0.1) is 11.3 Å². The molecule has 1 aromatic rings. The number of aliphatic carboxylic acids is 1. The van der Waals surface area contributed by atoms with E-state index in [1.165, 1.54) is 16.9 Å². The van der Waals surface area contributed by atoms with Gasteiger partial charge in [0.05, 0.1) is 4.88 Å². The lowest BCUT2D eigenvalue weighted by molar-refractivity contribution is -0.137. The van der Waals surface area contributed by atoms with E-state index in [0.29, 0.717) is 18.9 Å². The number of likely N-dealkylation sites (tertiary alicyclic amines) is 1. The average molecular weight is 293 g/mol. The number of carboxylic acids is 1. The first kappa shape index (κ1) is 13.6. The molecule has 108 valence electrons. The third kappa shape index (κ3) is 2.73. The van der Waals surface area contributed by atoms with Gasteiger partial charge in [0, 0.05) is 24.4 Å². The summed E-state index contributed by atoms with van der Waals surface area (Å²) in [6, 6.07) is 2.07. The van der Waals surface area contributed by atoms with Crippen LogP contribution in [0.5, 0.6) is 0 Å². The highest BCUT2D eigenvalue weighted by atomic mass is 32.1. The van der Waals surface area contributed by atoms with E-state index in [4.69, 9.17) is 5.11 Å². The maximum atomic E-state index is 12.5. The van der Waals surface area contributed by atoms with Crippen molar-refractivity contribution in [1.82, 2.24) is 4.90 Å². The summed E-state index contributed by atoms with van der Waals surface area (Å²) in [7, 11) is 0. The summed E-state index contributed by atoms with van der Waals surface area (Å²) in [5, 5.41) is 8.71. The number of fused-ring (bicyclic) bond motifs is 1. The summed E-state index contributed by atoms with van der Waals surface area (Å²) in [6.45, 7) is 1.49. The largest absolute Gasteiger partial charge is 0.481 e. The highest BCUT2D eigenvalue weighted by Crippen LogP contribution is 2.32. The van der Waals surface area contributed by atoms with E-state index in [9.17, 15) is 9.59 Å². The van der Waals surface area contributed by atoms with Crippen LogP contribution in [0, 0.1) is 5.92 Å². The SMILES string of the molecule is O=C(O)CCC1CCN(C(=O)c2cc3c(s2)CCC3)C1. The Balaban J connectivity index is 1.59. The predicted molar refractivity (Wildman–Crippen MR) is 77.2 cm³/mol. The molecule has 2 aliphatic rings. The maximum absolute atomic E-state index is 12.5. The van der Waals surface area contributed by atoms with Crippen molar-refractivity contribution in [2.24, 2.45) is 5.92 Å². The number of amides is 1. The third-order valence-electron chi connectivity index (χ3n) is 4.30. The number of hydrogen-bond acceptors (Lipinski definition) is 3. The van der Waals surface area contributed by atoms with E-state index in [0.717, 1.165) is 30.7 Å². The van der Waals surface area contributed by atoms with Crippen LogP contribution in [0.15, 0.2) is 6.07 Å². The molecule has 1 atom stereocenters. The highest BCUT2D eigenvalue weighted by molar-refractivity contribution is 7.14. The quantitative estimate of drug-likeness (QED) is 0.928. The van der Waals surface area contributed by atoms with Crippen LogP contribution >= 0.6 is 11.3 Å². The summed E-state index contributed by atoms with van der Waals surface area (Å²) >= 11 is 1.65. The van der Waals surface area contributed by atoms with Gasteiger partial charge < -0.3 is 10.0 Å². The zero-order chi connectivity index (χ0) is 14.1. The van der Waals surface area contributed by atoms with Gasteiger partial charge in [-0.1, -0.05) is 0 Å². The monoisotopic (exact) mass is 293 g/mol. The van der Waals surface area contributed by atoms with Gasteiger partial charge in [-0.2, -0.15) is 0 Å². The second-order valence-electron chi connectivity index (χ2n) is 5.75. The molecule has 0 saturated carbocycles. The summed E-state index contributed by atoms with van der Waals surface area (Å²) in [4.78, 5) is 27.2. The fourth-order valence-electron chi connectivity index (χ4n) is 3.17. The molecule has 0 bridgehead atoms. The predicted octanol–water partition coefficient (Wildman–Crippen LogP) is 2.56. The first-order valence-corrected chi connectivity index (χ1v) is 8.08. The number of carboxylic acid groups (broad SMARTS) is 1. The Hall–Kier alpha value is -1.36. The summed E-state index contributed by atoms with van der Waals surface area (Å²) < 4.78 is 0. The molecule has 2 heterocycles. The average Bonchev–Trinajstić information content (AvgIpc) is 3.10. The molecule has 1 aromatic heterocycles. The fraction of sp³-hybridized carbons (Fsp3) is 0.600. The summed E-state index contributed by atoms with van der Waals surface area (Å²) in [5.41, 5.74) is 1.36. The van der Waals surface area contributed by atoms with Crippen LogP contribution in [0.4, 0.5) is 0 Å². The highest BCUT2D eigenvalue weighted by Gasteiger charge is 2.29. The first-order chi connectivity index (χ1) is 9.63. The molecule has 1 fully saturated rings. The molecular weight excluding hydrogens is 274 g/mol. The van der Waals surface area contributed by atoms with E-state index >= 15 is 0 Å². The van der Waals surface area contributed by atoms with Crippen LogP contribution in [0.25, 0.3) is 0 Å². The van der Waals surface area contributed by atoms with Gasteiger partial charge in [0.1, 0.15) is 0 Å². The van der Waals surface area contributed by atoms with Gasteiger partial charge in [-0.25, -0.2) is 0 Å². The Morgan fingerprint density at radius 1 is 1.40 bits per heavy atom. The van der Waals surface area contributed by atoms with Crippen molar-refractivity contribution in [1.29, 1.82) is 0 Å². The van der Waals surface area contributed by atoms with Crippen LogP contribution < -0.4 is 0 Å². The van der Waals surface area contributed by atoms with Gasteiger partial charge >= 0.3 is 5.97 Å². The van der Waals surface area contributed by atoms with E-state index in [2.05, 4.69) is 6.07 Å². The van der Waals surface area contributed by atoms with Gasteiger partial charge in [-0.05, 0) is 49.7 Å². The number of rotatable bonds is 4. The minimum atomic E-state index is -0.746. The second-order valence-corrected chi connectivity index (χ2v) is 6.89. The second kappa shape index (κ2) is 5.56. The zero-order valence-corrected chi connectivity index (χ0v) is 12.2. The Morgan fingerprint density at radius 3 is 3.00 bits per heavy atom. The molecule has 0 radical (unpaired) electrons. The Labute approximate surface area is 122 Å². The normalized spacial score (nSPS) is 21.2. The van der Waals surface area contributed by atoms with Crippen molar-refractivity contribution < 1.29 is 14.7 Å². The van der Waals surface area contributed by atoms with E-state index in [1.54, 1.807) is 11.3 Å². The number of carbonyl (C=O) groups excluding carboxylic acids is 1. The summed E-state index contributed by atoms with van der Waals surface area (Å²) in [6.07, 6.45) is 5.27. The number of thiophene rings is 1. The molecule has 1 N–H and O–H groups in total. The van der Waals surface area contributed by atoms with Crippen molar-refractivity contribution in [3.63, 3.8) is 0 Å². The third-order valence-corrected chi connectivity index (χ3v) is 5.52. The Bertz CT molecular complexity index is 516. The minimum Gasteiger partial charge on any atom is -0.481 e. The lowest BCUT2D eigenvalue weighted by Gasteiger charge is -2.15. The maximum Gasteiger partial charge on any atom is 0.303 e. The zero-order valence-electron chi connectivity index (χ0n) is 11.4. The Morgan fingerprint density at radius 2 is 2.25 bits per heavy atom. The molecule has 1 unspecified atom stereocenters. The van der Waals surface area contributed by atoms with Gasteiger partial charge in [-0.3, -0.25) is 9.59 Å². The molecule has 5 heteroatoms. The summed E-state index contributed by atoms with van der Waals surface area (Å²) in [5.74, 6) is -0.256. The molecule has 0 aromatic carbocycles. The van der Waals surface area contributed by atoms with Gasteiger partial charge in [0.15, 0.2) is 0 Å². The molecule has 0 spiro atoms. The molecule has 3 rings (SSSR count). The van der Waals surface area contributed by atoms with E-state index < -0.39 is 5.97 Å². The number of hydrogen-bond donors (Lipinski definition) is 1. The lowest BCUT2D eigenvalue weighted by atomic mass is 10.0. The number of nitrogens with zero attached hydrogens (tertiary/aromatic N) is 1. The lowest BCUT2D eigenvalue weighted by Crippen LogP contribution is -2.28. The van der Waals surface area contributed by atoms with E-state index in [-0.39, 0.29) is 12.3 Å². The van der Waals surface area contributed by atoms with Crippen molar-refractivity contribution in [2.45, 2.75) is 38.5 Å². The number of aryl methyl sites for hydroxylation is 2. The van der Waals surface area contributed by atoms with Crippen molar-refractivity contribution in [3.05, 3.63) is 21.4 Å². The van der Waals surface area contributed by atoms with Crippen molar-refractivity contribution >= 4 is 23.2 Å². The van der Waals surface area contributed by atoms with Crippen molar-refractivity contribution in [2.75, 3.05) is 13.1 Å². The van der Waals surface area contributed by atoms with Crippen LogP contribution in [-0.2, 0) is 17.6 Å². The molecule has 1 saturated heterocycles.